The maximum atomic E-state index is 13.0. The zero-order valence-electron chi connectivity index (χ0n) is 15.4. The fourth-order valence-corrected chi connectivity index (χ4v) is 4.05. The van der Waals surface area contributed by atoms with E-state index in [-0.39, 0.29) is 17.7 Å². The Labute approximate surface area is 157 Å². The molecule has 4 nitrogen and oxygen atoms in total. The number of halogens is 3. The Balaban J connectivity index is 1.62. The molecule has 1 aliphatic carbocycles. The van der Waals surface area contributed by atoms with Crippen LogP contribution in [-0.4, -0.2) is 36.3 Å². The van der Waals surface area contributed by atoms with Crippen molar-refractivity contribution in [2.24, 2.45) is 5.92 Å². The van der Waals surface area contributed by atoms with Gasteiger partial charge in [-0.15, -0.1) is 0 Å². The van der Waals surface area contributed by atoms with E-state index in [9.17, 15) is 22.8 Å². The minimum absolute atomic E-state index is 0.0202. The standard InChI is InChI=1S/C20H25F3N2O2/c1-14(26)25-10-6-15(7-11-25)18(27)24-13-19(8-3-9-19)16-4-2-5-17(12-16)20(21,22)23/h2,4-5,12,15H,3,6-11,13H2,1H3,(H,24,27). The van der Waals surface area contributed by atoms with Gasteiger partial charge in [0.25, 0.3) is 0 Å². The zero-order valence-corrected chi connectivity index (χ0v) is 15.4. The summed E-state index contributed by atoms with van der Waals surface area (Å²) in [5, 5.41) is 2.97. The summed E-state index contributed by atoms with van der Waals surface area (Å²) in [7, 11) is 0. The molecule has 0 spiro atoms. The van der Waals surface area contributed by atoms with Gasteiger partial charge in [-0.25, -0.2) is 0 Å². The Morgan fingerprint density at radius 2 is 1.89 bits per heavy atom. The molecule has 148 valence electrons. The molecular weight excluding hydrogens is 357 g/mol. The van der Waals surface area contributed by atoms with Gasteiger partial charge in [-0.1, -0.05) is 24.6 Å². The molecule has 1 N–H and O–H groups in total. The van der Waals surface area contributed by atoms with Crippen molar-refractivity contribution in [3.63, 3.8) is 0 Å². The average molecular weight is 382 g/mol. The van der Waals surface area contributed by atoms with E-state index in [1.54, 1.807) is 11.0 Å². The number of hydrogen-bond acceptors (Lipinski definition) is 2. The third-order valence-corrected chi connectivity index (χ3v) is 6.03. The molecule has 0 unspecified atom stereocenters. The average Bonchev–Trinajstić information content (AvgIpc) is 2.60. The van der Waals surface area contributed by atoms with E-state index in [4.69, 9.17) is 0 Å². The van der Waals surface area contributed by atoms with Crippen molar-refractivity contribution in [1.82, 2.24) is 10.2 Å². The number of carbonyl (C=O) groups is 2. The molecule has 0 bridgehead atoms. The van der Waals surface area contributed by atoms with Gasteiger partial charge in [0.1, 0.15) is 0 Å². The van der Waals surface area contributed by atoms with Gasteiger partial charge in [0.05, 0.1) is 5.56 Å². The van der Waals surface area contributed by atoms with Crippen molar-refractivity contribution >= 4 is 11.8 Å². The fourth-order valence-electron chi connectivity index (χ4n) is 4.05. The van der Waals surface area contributed by atoms with Gasteiger partial charge in [-0.3, -0.25) is 9.59 Å². The number of amides is 2. The maximum Gasteiger partial charge on any atom is 0.416 e. The lowest BCUT2D eigenvalue weighted by Crippen LogP contribution is -2.48. The van der Waals surface area contributed by atoms with Crippen LogP contribution < -0.4 is 5.32 Å². The number of benzene rings is 1. The third-order valence-electron chi connectivity index (χ3n) is 6.03. The van der Waals surface area contributed by atoms with E-state index in [0.717, 1.165) is 25.3 Å². The molecule has 1 saturated heterocycles. The normalized spacial score (nSPS) is 20.1. The molecule has 0 radical (unpaired) electrons. The van der Waals surface area contributed by atoms with Gasteiger partial charge in [0.15, 0.2) is 0 Å². The van der Waals surface area contributed by atoms with E-state index >= 15 is 0 Å². The second kappa shape index (κ2) is 7.52. The van der Waals surface area contributed by atoms with Crippen molar-refractivity contribution in [2.45, 2.75) is 50.6 Å². The molecule has 0 aromatic heterocycles. The SMILES string of the molecule is CC(=O)N1CCC(C(=O)NCC2(c3cccc(C(F)(F)F)c3)CCC2)CC1. The van der Waals surface area contributed by atoms with Crippen LogP contribution in [0.3, 0.4) is 0 Å². The Hall–Kier alpha value is -2.05. The molecule has 1 heterocycles. The molecule has 7 heteroatoms. The molecule has 1 aromatic carbocycles. The molecule has 1 aliphatic heterocycles. The highest BCUT2D eigenvalue weighted by atomic mass is 19.4. The van der Waals surface area contributed by atoms with Crippen LogP contribution in [0, 0.1) is 5.92 Å². The van der Waals surface area contributed by atoms with Crippen molar-refractivity contribution in [1.29, 1.82) is 0 Å². The van der Waals surface area contributed by atoms with E-state index in [0.29, 0.717) is 38.0 Å². The van der Waals surface area contributed by atoms with Crippen molar-refractivity contribution in [2.75, 3.05) is 19.6 Å². The molecule has 2 amide bonds. The lowest BCUT2D eigenvalue weighted by atomic mass is 9.64. The van der Waals surface area contributed by atoms with Gasteiger partial charge in [-0.2, -0.15) is 13.2 Å². The zero-order chi connectivity index (χ0) is 19.7. The highest BCUT2D eigenvalue weighted by molar-refractivity contribution is 5.79. The van der Waals surface area contributed by atoms with Crippen molar-refractivity contribution < 1.29 is 22.8 Å². The highest BCUT2D eigenvalue weighted by Crippen LogP contribution is 2.44. The summed E-state index contributed by atoms with van der Waals surface area (Å²) >= 11 is 0. The molecule has 3 rings (SSSR count). The summed E-state index contributed by atoms with van der Waals surface area (Å²) in [5.74, 6) is -0.178. The lowest BCUT2D eigenvalue weighted by Gasteiger charge is -2.43. The number of alkyl halides is 3. The second-order valence-corrected chi connectivity index (χ2v) is 7.71. The van der Waals surface area contributed by atoms with Gasteiger partial charge in [0, 0.05) is 37.9 Å². The monoisotopic (exact) mass is 382 g/mol. The Morgan fingerprint density at radius 3 is 2.41 bits per heavy atom. The smallest absolute Gasteiger partial charge is 0.355 e. The van der Waals surface area contributed by atoms with Crippen LogP contribution in [0.25, 0.3) is 0 Å². The third kappa shape index (κ3) is 4.28. The minimum Gasteiger partial charge on any atom is -0.355 e. The number of rotatable bonds is 4. The van der Waals surface area contributed by atoms with Gasteiger partial charge < -0.3 is 10.2 Å². The van der Waals surface area contributed by atoms with Crippen LogP contribution in [0.2, 0.25) is 0 Å². The Bertz CT molecular complexity index is 705. The summed E-state index contributed by atoms with van der Waals surface area (Å²) in [6, 6.07) is 5.47. The lowest BCUT2D eigenvalue weighted by molar-refractivity contribution is -0.137. The van der Waals surface area contributed by atoms with Gasteiger partial charge >= 0.3 is 6.18 Å². The molecule has 2 fully saturated rings. The Morgan fingerprint density at radius 1 is 1.22 bits per heavy atom. The van der Waals surface area contributed by atoms with Crippen LogP contribution in [0.15, 0.2) is 24.3 Å². The van der Waals surface area contributed by atoms with E-state index in [1.807, 2.05) is 0 Å². The topological polar surface area (TPSA) is 49.4 Å². The van der Waals surface area contributed by atoms with Crippen LogP contribution in [0.5, 0.6) is 0 Å². The maximum absolute atomic E-state index is 13.0. The van der Waals surface area contributed by atoms with E-state index in [2.05, 4.69) is 5.32 Å². The van der Waals surface area contributed by atoms with Crippen LogP contribution in [0.1, 0.15) is 50.2 Å². The molecule has 1 aromatic rings. The van der Waals surface area contributed by atoms with Gasteiger partial charge in [0.2, 0.25) is 11.8 Å². The minimum atomic E-state index is -4.37. The predicted molar refractivity (Wildman–Crippen MR) is 95.0 cm³/mol. The van der Waals surface area contributed by atoms with Crippen LogP contribution in [0.4, 0.5) is 13.2 Å². The number of carbonyl (C=O) groups excluding carboxylic acids is 2. The first-order valence-electron chi connectivity index (χ1n) is 9.42. The van der Waals surface area contributed by atoms with Crippen molar-refractivity contribution in [3.8, 4) is 0 Å². The van der Waals surface area contributed by atoms with Crippen LogP contribution >= 0.6 is 0 Å². The first-order valence-corrected chi connectivity index (χ1v) is 9.42. The largest absolute Gasteiger partial charge is 0.416 e. The van der Waals surface area contributed by atoms with Crippen LogP contribution in [-0.2, 0) is 21.2 Å². The molecular formula is C20H25F3N2O2. The van der Waals surface area contributed by atoms with E-state index in [1.165, 1.54) is 19.1 Å². The quantitative estimate of drug-likeness (QED) is 0.867. The number of likely N-dealkylation sites (tertiary alicyclic amines) is 1. The number of piperidine rings is 1. The predicted octanol–water partition coefficient (Wildman–Crippen LogP) is 3.50. The summed E-state index contributed by atoms with van der Waals surface area (Å²) < 4.78 is 39.1. The first-order chi connectivity index (χ1) is 12.7. The molecule has 1 saturated carbocycles. The fraction of sp³-hybridized carbons (Fsp3) is 0.600. The van der Waals surface area contributed by atoms with E-state index < -0.39 is 17.2 Å². The highest BCUT2D eigenvalue weighted by Gasteiger charge is 2.41. The summed E-state index contributed by atoms with van der Waals surface area (Å²) in [5.41, 5.74) is -0.402. The number of nitrogens with zero attached hydrogens (tertiary/aromatic N) is 1. The summed E-state index contributed by atoms with van der Waals surface area (Å²) in [4.78, 5) is 25.6. The molecule has 2 aliphatic rings. The Kier molecular flexibility index (Phi) is 5.49. The number of nitrogens with one attached hydrogen (secondary N) is 1. The first kappa shape index (κ1) is 19.7. The second-order valence-electron chi connectivity index (χ2n) is 7.71. The molecule has 27 heavy (non-hydrogen) atoms. The van der Waals surface area contributed by atoms with Crippen molar-refractivity contribution in [3.05, 3.63) is 35.4 Å². The summed E-state index contributed by atoms with van der Waals surface area (Å²) in [6.07, 6.45) is -0.614. The van der Waals surface area contributed by atoms with Gasteiger partial charge in [-0.05, 0) is 37.3 Å². The molecule has 0 atom stereocenters. The number of hydrogen-bond donors (Lipinski definition) is 1. The summed E-state index contributed by atoms with van der Waals surface area (Å²) in [6.45, 7) is 3.04.